The number of amides is 1. The summed E-state index contributed by atoms with van der Waals surface area (Å²) in [6.07, 6.45) is 5.29. The number of carbonyl (C=O) groups is 1. The van der Waals surface area contributed by atoms with Crippen molar-refractivity contribution < 1.29 is 14.6 Å². The van der Waals surface area contributed by atoms with Crippen LogP contribution in [0.25, 0.3) is 0 Å². The van der Waals surface area contributed by atoms with Crippen LogP contribution in [0, 0.1) is 5.92 Å². The zero-order valence-corrected chi connectivity index (χ0v) is 14.7. The third-order valence-electron chi connectivity index (χ3n) is 5.39. The first kappa shape index (κ1) is 17.9. The fraction of sp³-hybridized carbons (Fsp3) is 0.667. The van der Waals surface area contributed by atoms with E-state index in [1.807, 2.05) is 0 Å². The molecule has 0 radical (unpaired) electrons. The molecule has 1 aliphatic carbocycles. The van der Waals surface area contributed by atoms with Crippen LogP contribution < -0.4 is 10.7 Å². The minimum atomic E-state index is -0.423. The van der Waals surface area contributed by atoms with Crippen molar-refractivity contribution in [1.29, 1.82) is 0 Å². The first-order valence-corrected chi connectivity index (χ1v) is 9.02. The number of carbonyl (C=O) groups excluding carboxylic acids is 1. The molecule has 7 heteroatoms. The van der Waals surface area contributed by atoms with Gasteiger partial charge in [-0.1, -0.05) is 0 Å². The van der Waals surface area contributed by atoms with Crippen LogP contribution in [-0.2, 0) is 23.1 Å². The molecule has 1 aromatic rings. The number of aromatic nitrogens is 1. The molecular formula is C18H27N3O4. The molecule has 1 aliphatic heterocycles. The Morgan fingerprint density at radius 1 is 1.28 bits per heavy atom. The number of hydrogen-bond acceptors (Lipinski definition) is 5. The van der Waals surface area contributed by atoms with Crippen LogP contribution in [-0.4, -0.2) is 52.8 Å². The maximum atomic E-state index is 12.4. The van der Waals surface area contributed by atoms with Crippen molar-refractivity contribution >= 4 is 5.91 Å². The number of hydrogen-bond donors (Lipinski definition) is 2. The van der Waals surface area contributed by atoms with Crippen LogP contribution in [0.15, 0.2) is 17.1 Å². The molecule has 0 spiro atoms. The van der Waals surface area contributed by atoms with E-state index in [1.165, 1.54) is 12.3 Å². The number of rotatable bonds is 4. The third kappa shape index (κ3) is 4.41. The lowest BCUT2D eigenvalue weighted by Crippen LogP contribution is -2.46. The van der Waals surface area contributed by atoms with E-state index in [0.717, 1.165) is 52.0 Å². The van der Waals surface area contributed by atoms with Gasteiger partial charge in [0.25, 0.3) is 0 Å². The predicted octanol–water partition coefficient (Wildman–Crippen LogP) is 0.598. The van der Waals surface area contributed by atoms with Gasteiger partial charge in [-0.25, -0.2) is 0 Å². The van der Waals surface area contributed by atoms with Crippen LogP contribution in [0.4, 0.5) is 0 Å². The normalized spacial score (nSPS) is 24.8. The van der Waals surface area contributed by atoms with Crippen LogP contribution >= 0.6 is 0 Å². The molecule has 1 amide bonds. The van der Waals surface area contributed by atoms with Crippen molar-refractivity contribution in [3.05, 3.63) is 28.2 Å². The van der Waals surface area contributed by atoms with Gasteiger partial charge in [-0.2, -0.15) is 0 Å². The summed E-state index contributed by atoms with van der Waals surface area (Å²) < 4.78 is 7.06. The third-order valence-corrected chi connectivity index (χ3v) is 5.39. The molecule has 1 saturated carbocycles. The highest BCUT2D eigenvalue weighted by Gasteiger charge is 2.30. The number of nitrogens with zero attached hydrogens (tertiary/aromatic N) is 2. The van der Waals surface area contributed by atoms with Crippen LogP contribution in [0.2, 0.25) is 0 Å². The number of morpholine rings is 1. The van der Waals surface area contributed by atoms with E-state index in [2.05, 4.69) is 10.2 Å². The van der Waals surface area contributed by atoms with Crippen molar-refractivity contribution in [1.82, 2.24) is 14.8 Å². The highest BCUT2D eigenvalue weighted by atomic mass is 16.5. The van der Waals surface area contributed by atoms with Gasteiger partial charge in [-0.15, -0.1) is 0 Å². The molecule has 2 fully saturated rings. The first-order chi connectivity index (χ1) is 12.0. The molecule has 25 heavy (non-hydrogen) atoms. The fourth-order valence-corrected chi connectivity index (χ4v) is 3.80. The lowest BCUT2D eigenvalue weighted by atomic mass is 9.84. The molecule has 0 aromatic carbocycles. The van der Waals surface area contributed by atoms with Crippen molar-refractivity contribution in [3.63, 3.8) is 0 Å². The van der Waals surface area contributed by atoms with Gasteiger partial charge >= 0.3 is 0 Å². The Labute approximate surface area is 147 Å². The number of aryl methyl sites for hydroxylation is 1. The van der Waals surface area contributed by atoms with Gasteiger partial charge in [0.15, 0.2) is 5.75 Å². The number of nitrogens with one attached hydrogen (secondary N) is 1. The SMILES string of the molecule is Cn1cc(O)c(=O)cc1CNC(=O)C1CCC(N2CCOCC2)CC1. The van der Waals surface area contributed by atoms with Crippen molar-refractivity contribution in [2.45, 2.75) is 38.3 Å². The summed E-state index contributed by atoms with van der Waals surface area (Å²) in [5.41, 5.74) is 0.256. The highest BCUT2D eigenvalue weighted by Crippen LogP contribution is 2.28. The quantitative estimate of drug-likeness (QED) is 0.832. The molecule has 7 nitrogen and oxygen atoms in total. The lowest BCUT2D eigenvalue weighted by Gasteiger charge is -2.38. The van der Waals surface area contributed by atoms with Crippen LogP contribution in [0.1, 0.15) is 31.4 Å². The summed E-state index contributed by atoms with van der Waals surface area (Å²) >= 11 is 0. The minimum Gasteiger partial charge on any atom is -0.503 e. The Balaban J connectivity index is 1.48. The van der Waals surface area contributed by atoms with Crippen molar-refractivity contribution in [2.24, 2.45) is 13.0 Å². The molecule has 1 saturated heterocycles. The smallest absolute Gasteiger partial charge is 0.223 e. The molecular weight excluding hydrogens is 322 g/mol. The minimum absolute atomic E-state index is 0.0476. The van der Waals surface area contributed by atoms with Gasteiger partial charge in [-0.3, -0.25) is 14.5 Å². The molecule has 2 N–H and O–H groups in total. The van der Waals surface area contributed by atoms with Gasteiger partial charge < -0.3 is 19.7 Å². The number of pyridine rings is 1. The van der Waals surface area contributed by atoms with Gasteiger partial charge in [0.1, 0.15) is 0 Å². The summed E-state index contributed by atoms with van der Waals surface area (Å²) in [5, 5.41) is 12.3. The second kappa shape index (κ2) is 8.01. The molecule has 0 unspecified atom stereocenters. The zero-order valence-electron chi connectivity index (χ0n) is 14.7. The van der Waals surface area contributed by atoms with Gasteiger partial charge in [0.2, 0.25) is 11.3 Å². The average Bonchev–Trinajstić information content (AvgIpc) is 2.64. The van der Waals surface area contributed by atoms with Crippen molar-refractivity contribution in [2.75, 3.05) is 26.3 Å². The first-order valence-electron chi connectivity index (χ1n) is 9.02. The van der Waals surface area contributed by atoms with Gasteiger partial charge in [0.05, 0.1) is 19.8 Å². The second-order valence-corrected chi connectivity index (χ2v) is 7.00. The molecule has 0 atom stereocenters. The summed E-state index contributed by atoms with van der Waals surface area (Å²) in [7, 11) is 1.74. The monoisotopic (exact) mass is 349 g/mol. The highest BCUT2D eigenvalue weighted by molar-refractivity contribution is 5.78. The molecule has 3 rings (SSSR count). The predicted molar refractivity (Wildman–Crippen MR) is 93.3 cm³/mol. The topological polar surface area (TPSA) is 83.8 Å². The van der Waals surface area contributed by atoms with E-state index in [9.17, 15) is 14.7 Å². The lowest BCUT2D eigenvalue weighted by molar-refractivity contribution is -0.126. The van der Waals surface area contributed by atoms with Crippen molar-refractivity contribution in [3.8, 4) is 5.75 Å². The summed E-state index contributed by atoms with van der Waals surface area (Å²) in [6.45, 7) is 3.92. The van der Waals surface area contributed by atoms with Gasteiger partial charge in [0, 0.05) is 50.1 Å². The summed E-state index contributed by atoms with van der Waals surface area (Å²) in [6, 6.07) is 1.94. The van der Waals surface area contributed by atoms with E-state index >= 15 is 0 Å². The van der Waals surface area contributed by atoms with Gasteiger partial charge in [-0.05, 0) is 25.7 Å². The second-order valence-electron chi connectivity index (χ2n) is 7.00. The Morgan fingerprint density at radius 3 is 2.64 bits per heavy atom. The molecule has 1 aromatic heterocycles. The van der Waals surface area contributed by atoms with E-state index in [4.69, 9.17) is 4.74 Å². The van der Waals surface area contributed by atoms with E-state index in [1.54, 1.807) is 11.6 Å². The number of aromatic hydroxyl groups is 1. The van der Waals surface area contributed by atoms with E-state index < -0.39 is 5.43 Å². The maximum absolute atomic E-state index is 12.4. The Hall–Kier alpha value is -1.86. The summed E-state index contributed by atoms with van der Waals surface area (Å²) in [4.78, 5) is 26.5. The van der Waals surface area contributed by atoms with E-state index in [-0.39, 0.29) is 17.6 Å². The Morgan fingerprint density at radius 2 is 1.96 bits per heavy atom. The largest absolute Gasteiger partial charge is 0.503 e. The van der Waals surface area contributed by atoms with E-state index in [0.29, 0.717) is 18.3 Å². The average molecular weight is 349 g/mol. The maximum Gasteiger partial charge on any atom is 0.223 e. The standard InChI is InChI=1S/C18H27N3O4/c1-20-12-17(23)16(22)10-15(20)11-19-18(24)13-2-4-14(5-3-13)21-6-8-25-9-7-21/h10,12-14,23H,2-9,11H2,1H3,(H,19,24). The Kier molecular flexibility index (Phi) is 5.75. The molecule has 0 bridgehead atoms. The molecule has 2 aliphatic rings. The molecule has 2 heterocycles. The Bertz CT molecular complexity index is 659. The van der Waals surface area contributed by atoms with Crippen LogP contribution in [0.3, 0.4) is 0 Å². The fourth-order valence-electron chi connectivity index (χ4n) is 3.80. The molecule has 138 valence electrons. The van der Waals surface area contributed by atoms with Crippen LogP contribution in [0.5, 0.6) is 5.75 Å². The number of ether oxygens (including phenoxy) is 1. The zero-order chi connectivity index (χ0) is 17.8. The summed E-state index contributed by atoms with van der Waals surface area (Å²) in [5.74, 6) is -0.175.